The summed E-state index contributed by atoms with van der Waals surface area (Å²) in [7, 11) is 7.23. The second kappa shape index (κ2) is 9.85. The van der Waals surface area contributed by atoms with E-state index in [0.29, 0.717) is 0 Å². The fraction of sp³-hybridized carbons (Fsp3) is 0.588. The van der Waals surface area contributed by atoms with E-state index in [2.05, 4.69) is 28.3 Å². The topological polar surface area (TPSA) is 46.1 Å². The Morgan fingerprint density at radius 1 is 1.26 bits per heavy atom. The zero-order valence-corrected chi connectivity index (χ0v) is 16.8. The number of benzene rings is 1. The van der Waals surface area contributed by atoms with Crippen LogP contribution < -0.4 is 14.8 Å². The maximum Gasteiger partial charge on any atom is 0.193 e. The number of likely N-dealkylation sites (N-methyl/N-ethyl adjacent to an activating group) is 1. The predicted molar refractivity (Wildman–Crippen MR) is 105 cm³/mol. The van der Waals surface area contributed by atoms with Gasteiger partial charge in [-0.25, -0.2) is 0 Å². The van der Waals surface area contributed by atoms with Crippen LogP contribution in [0.25, 0.3) is 0 Å². The van der Waals surface area contributed by atoms with Gasteiger partial charge in [-0.3, -0.25) is 4.99 Å². The summed E-state index contributed by atoms with van der Waals surface area (Å²) in [5, 5.41) is 3.44. The van der Waals surface area contributed by atoms with Gasteiger partial charge in [0.25, 0.3) is 0 Å². The summed E-state index contributed by atoms with van der Waals surface area (Å²) in [4.78, 5) is 6.51. The van der Waals surface area contributed by atoms with Crippen molar-refractivity contribution in [1.82, 2.24) is 10.2 Å². The summed E-state index contributed by atoms with van der Waals surface area (Å²) >= 11 is 0. The first-order chi connectivity index (χ1) is 10.7. The minimum atomic E-state index is 0. The van der Waals surface area contributed by atoms with Crippen molar-refractivity contribution in [3.8, 4) is 11.5 Å². The highest BCUT2D eigenvalue weighted by Crippen LogP contribution is 2.28. The lowest BCUT2D eigenvalue weighted by molar-refractivity contribution is 0.354. The largest absolute Gasteiger partial charge is 0.493 e. The molecule has 1 aliphatic rings. The zero-order valence-electron chi connectivity index (χ0n) is 14.5. The monoisotopic (exact) mass is 433 g/mol. The summed E-state index contributed by atoms with van der Waals surface area (Å²) in [6, 6.07) is 6.07. The van der Waals surface area contributed by atoms with Crippen LogP contribution in [0.15, 0.2) is 23.2 Å². The van der Waals surface area contributed by atoms with Crippen molar-refractivity contribution < 1.29 is 9.47 Å². The Kier molecular flexibility index (Phi) is 8.51. The van der Waals surface area contributed by atoms with Gasteiger partial charge in [-0.2, -0.15) is 0 Å². The SMILES string of the molecule is CN=C(NCC1CC1)N(C)CCc1ccc(OC)c(OC)c1.I. The number of halogens is 1. The van der Waals surface area contributed by atoms with Crippen LogP contribution in [0.4, 0.5) is 0 Å². The van der Waals surface area contributed by atoms with Gasteiger partial charge in [0.05, 0.1) is 14.2 Å². The van der Waals surface area contributed by atoms with Crippen LogP contribution in [-0.2, 0) is 6.42 Å². The summed E-state index contributed by atoms with van der Waals surface area (Å²) in [6.45, 7) is 1.94. The van der Waals surface area contributed by atoms with E-state index in [1.807, 2.05) is 19.2 Å². The molecule has 130 valence electrons. The molecule has 0 spiro atoms. The Bertz CT molecular complexity index is 519. The van der Waals surface area contributed by atoms with Gasteiger partial charge in [-0.05, 0) is 42.9 Å². The molecule has 0 bridgehead atoms. The Morgan fingerprint density at radius 2 is 1.96 bits per heavy atom. The lowest BCUT2D eigenvalue weighted by Crippen LogP contribution is -2.40. The standard InChI is InChI=1S/C17H27N3O2.HI/c1-18-17(19-12-14-5-6-14)20(2)10-9-13-7-8-15(21-3)16(11-13)22-4;/h7-8,11,14H,5-6,9-10,12H2,1-4H3,(H,18,19);1H. The average Bonchev–Trinajstić information content (AvgIpc) is 3.37. The Balaban J connectivity index is 0.00000264. The molecule has 0 heterocycles. The fourth-order valence-electron chi connectivity index (χ4n) is 2.38. The molecule has 0 aliphatic heterocycles. The van der Waals surface area contributed by atoms with Crippen LogP contribution in [0.1, 0.15) is 18.4 Å². The van der Waals surface area contributed by atoms with E-state index in [1.54, 1.807) is 14.2 Å². The molecule has 0 radical (unpaired) electrons. The van der Waals surface area contributed by atoms with Crippen LogP contribution in [0.5, 0.6) is 11.5 Å². The third kappa shape index (κ3) is 6.08. The van der Waals surface area contributed by atoms with E-state index in [9.17, 15) is 0 Å². The molecule has 0 saturated heterocycles. The van der Waals surface area contributed by atoms with Crippen molar-refractivity contribution in [2.45, 2.75) is 19.3 Å². The number of nitrogens with one attached hydrogen (secondary N) is 1. The number of aliphatic imine (C=N–C) groups is 1. The summed E-state index contributed by atoms with van der Waals surface area (Å²) in [5.41, 5.74) is 1.22. The third-order valence-electron chi connectivity index (χ3n) is 4.00. The lowest BCUT2D eigenvalue weighted by Gasteiger charge is -2.22. The lowest BCUT2D eigenvalue weighted by atomic mass is 10.1. The highest BCUT2D eigenvalue weighted by atomic mass is 127. The van der Waals surface area contributed by atoms with Crippen LogP contribution in [0, 0.1) is 5.92 Å². The number of hydrogen-bond acceptors (Lipinski definition) is 3. The zero-order chi connectivity index (χ0) is 15.9. The molecule has 1 fully saturated rings. The molecule has 1 aromatic carbocycles. The molecule has 0 amide bonds. The average molecular weight is 433 g/mol. The molecule has 1 saturated carbocycles. The second-order valence-electron chi connectivity index (χ2n) is 5.73. The van der Waals surface area contributed by atoms with E-state index in [4.69, 9.17) is 9.47 Å². The molecule has 23 heavy (non-hydrogen) atoms. The van der Waals surface area contributed by atoms with Crippen molar-refractivity contribution in [2.24, 2.45) is 10.9 Å². The second-order valence-corrected chi connectivity index (χ2v) is 5.73. The van der Waals surface area contributed by atoms with Crippen molar-refractivity contribution in [2.75, 3.05) is 41.4 Å². The molecule has 0 unspecified atom stereocenters. The molecule has 6 heteroatoms. The molecule has 1 N–H and O–H groups in total. The molecule has 1 aliphatic carbocycles. The van der Waals surface area contributed by atoms with E-state index < -0.39 is 0 Å². The molecule has 0 atom stereocenters. The Hall–Kier alpha value is -1.18. The predicted octanol–water partition coefficient (Wildman–Crippen LogP) is 2.78. The number of nitrogens with zero attached hydrogens (tertiary/aromatic N) is 2. The Morgan fingerprint density at radius 3 is 2.52 bits per heavy atom. The molecule has 1 aromatic rings. The quantitative estimate of drug-likeness (QED) is 0.408. The van der Waals surface area contributed by atoms with Crippen molar-refractivity contribution in [1.29, 1.82) is 0 Å². The Labute approximate surface area is 156 Å². The van der Waals surface area contributed by atoms with Gasteiger partial charge in [0, 0.05) is 27.2 Å². The number of hydrogen-bond donors (Lipinski definition) is 1. The smallest absolute Gasteiger partial charge is 0.193 e. The highest BCUT2D eigenvalue weighted by molar-refractivity contribution is 14.0. The first-order valence-electron chi connectivity index (χ1n) is 7.80. The summed E-state index contributed by atoms with van der Waals surface area (Å²) in [6.07, 6.45) is 3.62. The van der Waals surface area contributed by atoms with Crippen LogP contribution in [-0.4, -0.2) is 52.3 Å². The van der Waals surface area contributed by atoms with Crippen molar-refractivity contribution in [3.63, 3.8) is 0 Å². The van der Waals surface area contributed by atoms with Gasteiger partial charge < -0.3 is 19.7 Å². The summed E-state index contributed by atoms with van der Waals surface area (Å²) < 4.78 is 10.6. The first kappa shape index (κ1) is 19.9. The van der Waals surface area contributed by atoms with Crippen LogP contribution in [0.2, 0.25) is 0 Å². The third-order valence-corrected chi connectivity index (χ3v) is 4.00. The van der Waals surface area contributed by atoms with Crippen LogP contribution in [0.3, 0.4) is 0 Å². The van der Waals surface area contributed by atoms with Gasteiger partial charge in [0.2, 0.25) is 0 Å². The van der Waals surface area contributed by atoms with Gasteiger partial charge in [0.15, 0.2) is 17.5 Å². The minimum absolute atomic E-state index is 0. The van der Waals surface area contributed by atoms with Crippen molar-refractivity contribution in [3.05, 3.63) is 23.8 Å². The molecular formula is C17H28IN3O2. The van der Waals surface area contributed by atoms with E-state index >= 15 is 0 Å². The van der Waals surface area contributed by atoms with Gasteiger partial charge in [0.1, 0.15) is 0 Å². The number of rotatable bonds is 7. The van der Waals surface area contributed by atoms with Crippen molar-refractivity contribution >= 4 is 29.9 Å². The molecule has 0 aromatic heterocycles. The number of ether oxygens (including phenoxy) is 2. The highest BCUT2D eigenvalue weighted by Gasteiger charge is 2.21. The molecule has 5 nitrogen and oxygen atoms in total. The summed E-state index contributed by atoms with van der Waals surface area (Å²) in [5.74, 6) is 3.35. The maximum absolute atomic E-state index is 5.35. The maximum atomic E-state index is 5.35. The van der Waals surface area contributed by atoms with Crippen LogP contribution >= 0.6 is 24.0 Å². The van der Waals surface area contributed by atoms with E-state index in [1.165, 1.54) is 18.4 Å². The normalized spacial score (nSPS) is 14.0. The molecule has 2 rings (SSSR count). The number of methoxy groups -OCH3 is 2. The molecular weight excluding hydrogens is 405 g/mol. The van der Waals surface area contributed by atoms with E-state index in [0.717, 1.165) is 42.9 Å². The van der Waals surface area contributed by atoms with Gasteiger partial charge in [-0.1, -0.05) is 6.07 Å². The van der Waals surface area contributed by atoms with Gasteiger partial charge in [-0.15, -0.1) is 24.0 Å². The fourth-order valence-corrected chi connectivity index (χ4v) is 2.38. The minimum Gasteiger partial charge on any atom is -0.493 e. The first-order valence-corrected chi connectivity index (χ1v) is 7.80. The van der Waals surface area contributed by atoms with Gasteiger partial charge >= 0.3 is 0 Å². The van der Waals surface area contributed by atoms with E-state index in [-0.39, 0.29) is 24.0 Å². The number of guanidine groups is 1.